The highest BCUT2D eigenvalue weighted by molar-refractivity contribution is 5.67. The molecule has 2 aromatic rings. The molecule has 2 N–H and O–H groups in total. The molecule has 0 aliphatic rings. The average Bonchev–Trinajstić information content (AvgIpc) is 2.42. The lowest BCUT2D eigenvalue weighted by Gasteiger charge is -2.21. The quantitative estimate of drug-likeness (QED) is 0.859. The Hall–Kier alpha value is -2.23. The van der Waals surface area contributed by atoms with Crippen LogP contribution in [0.3, 0.4) is 0 Å². The predicted molar refractivity (Wildman–Crippen MR) is 75.9 cm³/mol. The summed E-state index contributed by atoms with van der Waals surface area (Å²) in [6.07, 6.45) is 0. The monoisotopic (exact) mass is 260 g/mol. The third kappa shape index (κ3) is 3.16. The van der Waals surface area contributed by atoms with Crippen LogP contribution in [0.2, 0.25) is 0 Å². The molecule has 0 aromatic heterocycles. The first-order chi connectivity index (χ1) is 9.10. The highest BCUT2D eigenvalue weighted by Gasteiger charge is 2.07. The molecule has 3 nitrogen and oxygen atoms in total. The van der Waals surface area contributed by atoms with Gasteiger partial charge in [-0.2, -0.15) is 0 Å². The number of benzene rings is 2. The summed E-state index contributed by atoms with van der Waals surface area (Å²) in [6.45, 7) is 0.650. The smallest absolute Gasteiger partial charge is 0.125 e. The summed E-state index contributed by atoms with van der Waals surface area (Å²) in [5.74, 6) is 0.530. The number of anilines is 2. The van der Waals surface area contributed by atoms with Gasteiger partial charge in [0.2, 0.25) is 0 Å². The number of hydrogen-bond donors (Lipinski definition) is 1. The van der Waals surface area contributed by atoms with Gasteiger partial charge in [0, 0.05) is 13.6 Å². The molecule has 2 aromatic carbocycles. The van der Waals surface area contributed by atoms with E-state index in [-0.39, 0.29) is 5.82 Å². The lowest BCUT2D eigenvalue weighted by molar-refractivity contribution is 0.414. The Labute approximate surface area is 112 Å². The lowest BCUT2D eigenvalue weighted by Crippen LogP contribution is -2.17. The molecule has 0 amide bonds. The Morgan fingerprint density at radius 2 is 1.84 bits per heavy atom. The van der Waals surface area contributed by atoms with Gasteiger partial charge >= 0.3 is 0 Å². The second-order valence-corrected chi connectivity index (χ2v) is 4.41. The SMILES string of the molecule is COc1ccc(CN(C)c2cc(F)ccc2N)cc1. The number of hydrogen-bond acceptors (Lipinski definition) is 3. The number of nitrogen functional groups attached to an aromatic ring is 1. The van der Waals surface area contributed by atoms with Crippen molar-refractivity contribution in [3.8, 4) is 5.75 Å². The minimum atomic E-state index is -0.286. The number of methoxy groups -OCH3 is 1. The molecule has 4 heteroatoms. The fourth-order valence-electron chi connectivity index (χ4n) is 1.94. The summed E-state index contributed by atoms with van der Waals surface area (Å²) in [5.41, 5.74) is 8.22. The van der Waals surface area contributed by atoms with Crippen molar-refractivity contribution in [3.63, 3.8) is 0 Å². The van der Waals surface area contributed by atoms with Crippen molar-refractivity contribution in [2.24, 2.45) is 0 Å². The highest BCUT2D eigenvalue weighted by atomic mass is 19.1. The number of nitrogens with zero attached hydrogens (tertiary/aromatic N) is 1. The fraction of sp³-hybridized carbons (Fsp3) is 0.200. The van der Waals surface area contributed by atoms with E-state index < -0.39 is 0 Å². The molecule has 0 saturated carbocycles. The van der Waals surface area contributed by atoms with Gasteiger partial charge in [-0.05, 0) is 35.9 Å². The van der Waals surface area contributed by atoms with Crippen LogP contribution < -0.4 is 15.4 Å². The Morgan fingerprint density at radius 1 is 1.16 bits per heavy atom. The van der Waals surface area contributed by atoms with Crippen molar-refractivity contribution < 1.29 is 9.13 Å². The summed E-state index contributed by atoms with van der Waals surface area (Å²) < 4.78 is 18.4. The maximum absolute atomic E-state index is 13.2. The standard InChI is InChI=1S/C15H17FN2O/c1-18(15-9-12(16)5-8-14(15)17)10-11-3-6-13(19-2)7-4-11/h3-9H,10,17H2,1-2H3. The van der Waals surface area contributed by atoms with Crippen LogP contribution in [-0.4, -0.2) is 14.2 Å². The van der Waals surface area contributed by atoms with E-state index in [1.54, 1.807) is 13.2 Å². The topological polar surface area (TPSA) is 38.5 Å². The van der Waals surface area contributed by atoms with Crippen LogP contribution in [0.1, 0.15) is 5.56 Å². The van der Waals surface area contributed by atoms with Crippen molar-refractivity contribution >= 4 is 11.4 Å². The van der Waals surface area contributed by atoms with E-state index in [4.69, 9.17) is 10.5 Å². The highest BCUT2D eigenvalue weighted by Crippen LogP contribution is 2.24. The van der Waals surface area contributed by atoms with E-state index in [1.807, 2.05) is 36.2 Å². The largest absolute Gasteiger partial charge is 0.497 e. The van der Waals surface area contributed by atoms with Crippen molar-refractivity contribution in [3.05, 3.63) is 53.8 Å². The summed E-state index contributed by atoms with van der Waals surface area (Å²) in [6, 6.07) is 12.1. The number of nitrogens with two attached hydrogens (primary N) is 1. The molecule has 0 atom stereocenters. The number of ether oxygens (including phenoxy) is 1. The molecular weight excluding hydrogens is 243 g/mol. The molecule has 0 heterocycles. The summed E-state index contributed by atoms with van der Waals surface area (Å²) in [4.78, 5) is 1.92. The van der Waals surface area contributed by atoms with Crippen molar-refractivity contribution in [2.75, 3.05) is 24.8 Å². The minimum Gasteiger partial charge on any atom is -0.497 e. The van der Waals surface area contributed by atoms with Crippen LogP contribution in [0.25, 0.3) is 0 Å². The average molecular weight is 260 g/mol. The zero-order valence-electron chi connectivity index (χ0n) is 11.1. The van der Waals surface area contributed by atoms with Crippen LogP contribution in [0.4, 0.5) is 15.8 Å². The second-order valence-electron chi connectivity index (χ2n) is 4.41. The Kier molecular flexibility index (Phi) is 3.90. The van der Waals surface area contributed by atoms with Gasteiger partial charge in [0.15, 0.2) is 0 Å². The van der Waals surface area contributed by atoms with Gasteiger partial charge in [-0.25, -0.2) is 4.39 Å². The molecule has 0 aliphatic heterocycles. The molecule has 19 heavy (non-hydrogen) atoms. The predicted octanol–water partition coefficient (Wildman–Crippen LogP) is 3.05. The second kappa shape index (κ2) is 5.61. The first kappa shape index (κ1) is 13.2. The normalized spacial score (nSPS) is 10.3. The zero-order valence-corrected chi connectivity index (χ0v) is 11.1. The zero-order chi connectivity index (χ0) is 13.8. The summed E-state index contributed by atoms with van der Waals surface area (Å²) >= 11 is 0. The molecule has 0 aliphatic carbocycles. The maximum Gasteiger partial charge on any atom is 0.125 e. The van der Waals surface area contributed by atoms with Gasteiger partial charge < -0.3 is 15.4 Å². The first-order valence-corrected chi connectivity index (χ1v) is 5.99. The van der Waals surface area contributed by atoms with E-state index in [0.717, 1.165) is 11.3 Å². The van der Waals surface area contributed by atoms with Crippen LogP contribution in [0.15, 0.2) is 42.5 Å². The van der Waals surface area contributed by atoms with Gasteiger partial charge in [0.25, 0.3) is 0 Å². The molecule has 100 valence electrons. The molecule has 0 fully saturated rings. The minimum absolute atomic E-state index is 0.286. The van der Waals surface area contributed by atoms with Crippen molar-refractivity contribution in [2.45, 2.75) is 6.54 Å². The van der Waals surface area contributed by atoms with Crippen LogP contribution in [0.5, 0.6) is 5.75 Å². The van der Waals surface area contributed by atoms with E-state index in [9.17, 15) is 4.39 Å². The fourth-order valence-corrected chi connectivity index (χ4v) is 1.94. The molecule has 2 rings (SSSR count). The molecular formula is C15H17FN2O. The molecule has 0 unspecified atom stereocenters. The van der Waals surface area contributed by atoms with E-state index >= 15 is 0 Å². The first-order valence-electron chi connectivity index (χ1n) is 5.99. The van der Waals surface area contributed by atoms with Gasteiger partial charge in [-0.3, -0.25) is 0 Å². The lowest BCUT2D eigenvalue weighted by atomic mass is 10.2. The van der Waals surface area contributed by atoms with Gasteiger partial charge in [0.1, 0.15) is 11.6 Å². The third-order valence-corrected chi connectivity index (χ3v) is 2.98. The van der Waals surface area contributed by atoms with Crippen LogP contribution in [-0.2, 0) is 6.54 Å². The van der Waals surface area contributed by atoms with E-state index in [2.05, 4.69) is 0 Å². The third-order valence-electron chi connectivity index (χ3n) is 2.98. The molecule has 0 radical (unpaired) electrons. The van der Waals surface area contributed by atoms with E-state index in [1.165, 1.54) is 12.1 Å². The van der Waals surface area contributed by atoms with E-state index in [0.29, 0.717) is 17.9 Å². The van der Waals surface area contributed by atoms with Gasteiger partial charge in [-0.15, -0.1) is 0 Å². The van der Waals surface area contributed by atoms with Gasteiger partial charge in [0.05, 0.1) is 18.5 Å². The Balaban J connectivity index is 2.15. The van der Waals surface area contributed by atoms with Crippen LogP contribution in [0, 0.1) is 5.82 Å². The Morgan fingerprint density at radius 3 is 2.47 bits per heavy atom. The van der Waals surface area contributed by atoms with Crippen LogP contribution >= 0.6 is 0 Å². The Bertz CT molecular complexity index is 555. The van der Waals surface area contributed by atoms with Gasteiger partial charge in [-0.1, -0.05) is 12.1 Å². The summed E-state index contributed by atoms with van der Waals surface area (Å²) in [5, 5.41) is 0. The molecule has 0 saturated heterocycles. The van der Waals surface area contributed by atoms with Crippen molar-refractivity contribution in [1.82, 2.24) is 0 Å². The molecule has 0 bridgehead atoms. The number of halogens is 1. The summed E-state index contributed by atoms with van der Waals surface area (Å²) in [7, 11) is 3.52. The van der Waals surface area contributed by atoms with Crippen molar-refractivity contribution in [1.29, 1.82) is 0 Å². The maximum atomic E-state index is 13.2. The molecule has 0 spiro atoms. The number of rotatable bonds is 4.